The number of hydrogen-bond donors (Lipinski definition) is 2. The van der Waals surface area contributed by atoms with Crippen molar-refractivity contribution in [3.63, 3.8) is 0 Å². The number of rotatable bonds is 5. The van der Waals surface area contributed by atoms with Gasteiger partial charge >= 0.3 is 0 Å². The Morgan fingerprint density at radius 2 is 2.17 bits per heavy atom. The van der Waals surface area contributed by atoms with E-state index in [4.69, 9.17) is 11.6 Å². The molecule has 0 radical (unpaired) electrons. The number of nitrogens with one attached hydrogen (secondary N) is 2. The van der Waals surface area contributed by atoms with Crippen molar-refractivity contribution in [3.8, 4) is 0 Å². The van der Waals surface area contributed by atoms with Crippen LogP contribution in [-0.4, -0.2) is 29.6 Å². The van der Waals surface area contributed by atoms with Gasteiger partial charge in [-0.05, 0) is 24.4 Å². The smallest absolute Gasteiger partial charge is 0.224 e. The van der Waals surface area contributed by atoms with Crippen molar-refractivity contribution in [2.75, 3.05) is 23.9 Å². The lowest BCUT2D eigenvalue weighted by molar-refractivity contribution is 0.524. The Labute approximate surface area is 113 Å². The first-order valence-electron chi connectivity index (χ1n) is 6.49. The van der Waals surface area contributed by atoms with Crippen LogP contribution in [0.15, 0.2) is 6.20 Å². The van der Waals surface area contributed by atoms with Crippen LogP contribution in [0.2, 0.25) is 5.28 Å². The first-order valence-corrected chi connectivity index (χ1v) is 6.87. The molecule has 1 saturated carbocycles. The lowest BCUT2D eigenvalue weighted by Gasteiger charge is -2.31. The third-order valence-corrected chi connectivity index (χ3v) is 3.44. The van der Waals surface area contributed by atoms with Crippen molar-refractivity contribution in [1.29, 1.82) is 0 Å². The molecule has 1 aliphatic rings. The largest absolute Gasteiger partial charge is 0.384 e. The van der Waals surface area contributed by atoms with Crippen LogP contribution in [-0.2, 0) is 0 Å². The van der Waals surface area contributed by atoms with E-state index in [9.17, 15) is 0 Å². The Hall–Kier alpha value is -1.07. The highest BCUT2D eigenvalue weighted by atomic mass is 35.5. The molecule has 2 N–H and O–H groups in total. The summed E-state index contributed by atoms with van der Waals surface area (Å²) in [5.74, 6) is 0.839. The molecule has 2 rings (SSSR count). The minimum atomic E-state index is 0.282. The molecular weight excluding hydrogens is 250 g/mol. The van der Waals surface area contributed by atoms with Gasteiger partial charge in [0.1, 0.15) is 0 Å². The topological polar surface area (TPSA) is 53.1 Å². The minimum absolute atomic E-state index is 0.282. The second kappa shape index (κ2) is 6.20. The number of hydrazine groups is 1. The van der Waals surface area contributed by atoms with Crippen molar-refractivity contribution in [2.24, 2.45) is 0 Å². The monoisotopic (exact) mass is 269 g/mol. The molecular formula is C12H20ClN5. The zero-order valence-corrected chi connectivity index (χ0v) is 11.7. The van der Waals surface area contributed by atoms with E-state index >= 15 is 0 Å². The van der Waals surface area contributed by atoms with Gasteiger partial charge in [0, 0.05) is 19.6 Å². The van der Waals surface area contributed by atoms with Crippen LogP contribution in [0.4, 0.5) is 11.5 Å². The second-order valence-corrected chi connectivity index (χ2v) is 4.78. The van der Waals surface area contributed by atoms with E-state index in [0.717, 1.165) is 18.1 Å². The Morgan fingerprint density at radius 1 is 1.44 bits per heavy atom. The van der Waals surface area contributed by atoms with Gasteiger partial charge in [0.15, 0.2) is 5.82 Å². The van der Waals surface area contributed by atoms with Crippen LogP contribution in [0.25, 0.3) is 0 Å². The zero-order valence-electron chi connectivity index (χ0n) is 10.9. The minimum Gasteiger partial charge on any atom is -0.384 e. The van der Waals surface area contributed by atoms with Gasteiger partial charge in [-0.2, -0.15) is 4.98 Å². The molecule has 1 fully saturated rings. The summed E-state index contributed by atoms with van der Waals surface area (Å²) in [6.07, 6.45) is 6.67. The Balaban J connectivity index is 2.31. The molecule has 0 bridgehead atoms. The van der Waals surface area contributed by atoms with Gasteiger partial charge in [0.2, 0.25) is 5.28 Å². The lowest BCUT2D eigenvalue weighted by atomic mass is 10.2. The van der Waals surface area contributed by atoms with Crippen molar-refractivity contribution < 1.29 is 0 Å². The van der Waals surface area contributed by atoms with E-state index in [2.05, 4.69) is 32.6 Å². The summed E-state index contributed by atoms with van der Waals surface area (Å²) >= 11 is 5.92. The molecule has 0 amide bonds. The third kappa shape index (κ3) is 2.84. The molecule has 5 nitrogen and oxygen atoms in total. The maximum absolute atomic E-state index is 5.92. The average molecular weight is 270 g/mol. The summed E-state index contributed by atoms with van der Waals surface area (Å²) in [5.41, 5.74) is 4.28. The molecule has 0 atom stereocenters. The highest BCUT2D eigenvalue weighted by Gasteiger charge is 2.25. The fourth-order valence-electron chi connectivity index (χ4n) is 2.42. The number of halogens is 1. The normalized spacial score (nSPS) is 15.9. The Kier molecular flexibility index (Phi) is 4.60. The summed E-state index contributed by atoms with van der Waals surface area (Å²) < 4.78 is 0. The molecule has 6 heteroatoms. The number of nitrogens with zero attached hydrogens (tertiary/aromatic N) is 3. The van der Waals surface area contributed by atoms with Crippen molar-refractivity contribution >= 4 is 23.1 Å². The molecule has 18 heavy (non-hydrogen) atoms. The van der Waals surface area contributed by atoms with Crippen LogP contribution >= 0.6 is 11.6 Å². The molecule has 0 saturated heterocycles. The standard InChI is InChI=1S/C12H20ClN5/c1-3-16-18(9-6-4-5-7-9)11-10(14-2)8-15-12(13)17-11/h8-9,14,16H,3-7H2,1-2H3. The first-order chi connectivity index (χ1) is 8.76. The molecule has 1 aromatic rings. The number of aromatic nitrogens is 2. The van der Waals surface area contributed by atoms with E-state index in [0.29, 0.717) is 6.04 Å². The lowest BCUT2D eigenvalue weighted by Crippen LogP contribution is -2.45. The van der Waals surface area contributed by atoms with Gasteiger partial charge in [0.05, 0.1) is 11.9 Å². The molecule has 1 aromatic heterocycles. The summed E-state index contributed by atoms with van der Waals surface area (Å²) in [6, 6.07) is 0.489. The highest BCUT2D eigenvalue weighted by Crippen LogP contribution is 2.30. The van der Waals surface area contributed by atoms with Crippen LogP contribution in [0.3, 0.4) is 0 Å². The number of hydrogen-bond acceptors (Lipinski definition) is 5. The summed E-state index contributed by atoms with van der Waals surface area (Å²) in [5, 5.41) is 5.55. The molecule has 0 spiro atoms. The van der Waals surface area contributed by atoms with Gasteiger partial charge in [-0.25, -0.2) is 10.4 Å². The van der Waals surface area contributed by atoms with Gasteiger partial charge in [-0.3, -0.25) is 5.01 Å². The van der Waals surface area contributed by atoms with E-state index < -0.39 is 0 Å². The van der Waals surface area contributed by atoms with Crippen molar-refractivity contribution in [1.82, 2.24) is 15.4 Å². The van der Waals surface area contributed by atoms with Crippen molar-refractivity contribution in [2.45, 2.75) is 38.6 Å². The predicted octanol–water partition coefficient (Wildman–Crippen LogP) is 2.45. The van der Waals surface area contributed by atoms with Gasteiger partial charge < -0.3 is 5.32 Å². The fourth-order valence-corrected chi connectivity index (χ4v) is 2.55. The maximum Gasteiger partial charge on any atom is 0.224 e. The summed E-state index contributed by atoms with van der Waals surface area (Å²) in [6.45, 7) is 2.95. The SMILES string of the molecule is CCNN(c1nc(Cl)ncc1NC)C1CCCC1. The van der Waals surface area contributed by atoms with Gasteiger partial charge in [-0.1, -0.05) is 19.8 Å². The first kappa shape index (κ1) is 13.4. The van der Waals surface area contributed by atoms with E-state index in [1.54, 1.807) is 6.20 Å². The average Bonchev–Trinajstić information content (AvgIpc) is 2.89. The molecule has 1 heterocycles. The van der Waals surface area contributed by atoms with Gasteiger partial charge in [0.25, 0.3) is 0 Å². The predicted molar refractivity (Wildman–Crippen MR) is 75.0 cm³/mol. The number of anilines is 2. The van der Waals surface area contributed by atoms with Crippen LogP contribution < -0.4 is 15.8 Å². The van der Waals surface area contributed by atoms with Crippen LogP contribution in [0.1, 0.15) is 32.6 Å². The molecule has 0 unspecified atom stereocenters. The Bertz CT molecular complexity index is 392. The van der Waals surface area contributed by atoms with Gasteiger partial charge in [-0.15, -0.1) is 0 Å². The van der Waals surface area contributed by atoms with Crippen LogP contribution in [0, 0.1) is 0 Å². The molecule has 1 aliphatic carbocycles. The zero-order chi connectivity index (χ0) is 13.0. The van der Waals surface area contributed by atoms with E-state index in [-0.39, 0.29) is 5.28 Å². The van der Waals surface area contributed by atoms with Crippen LogP contribution in [0.5, 0.6) is 0 Å². The van der Waals surface area contributed by atoms with E-state index in [1.807, 2.05) is 7.05 Å². The Morgan fingerprint density at radius 3 is 2.78 bits per heavy atom. The van der Waals surface area contributed by atoms with Crippen molar-refractivity contribution in [3.05, 3.63) is 11.5 Å². The van der Waals surface area contributed by atoms with E-state index in [1.165, 1.54) is 25.7 Å². The molecule has 100 valence electrons. The summed E-state index contributed by atoms with van der Waals surface area (Å²) in [4.78, 5) is 8.38. The quantitative estimate of drug-likeness (QED) is 0.635. The molecule has 0 aromatic carbocycles. The summed E-state index contributed by atoms with van der Waals surface area (Å²) in [7, 11) is 1.87. The second-order valence-electron chi connectivity index (χ2n) is 4.45. The molecule has 0 aliphatic heterocycles. The fraction of sp³-hybridized carbons (Fsp3) is 0.667. The third-order valence-electron chi connectivity index (χ3n) is 3.26. The maximum atomic E-state index is 5.92. The highest BCUT2D eigenvalue weighted by molar-refractivity contribution is 6.28.